The van der Waals surface area contributed by atoms with Gasteiger partial charge in [-0.15, -0.1) is 0 Å². The van der Waals surface area contributed by atoms with Gasteiger partial charge in [0, 0.05) is 55.6 Å². The summed E-state index contributed by atoms with van der Waals surface area (Å²) in [7, 11) is 0. The first-order valence-electron chi connectivity index (χ1n) is 12.4. The van der Waals surface area contributed by atoms with Crippen molar-refractivity contribution >= 4 is 16.9 Å². The van der Waals surface area contributed by atoms with Crippen LogP contribution in [0.2, 0.25) is 0 Å². The minimum Gasteiger partial charge on any atom is -0.346 e. The highest BCUT2D eigenvalue weighted by Crippen LogP contribution is 2.37. The monoisotopic (exact) mass is 536 g/mol. The molecule has 1 N–H and O–H groups in total. The maximum atomic E-state index is 13.0. The van der Waals surface area contributed by atoms with Crippen molar-refractivity contribution in [1.82, 2.24) is 44.5 Å². The zero-order chi connectivity index (χ0) is 27.2. The molecule has 0 radical (unpaired) electrons. The van der Waals surface area contributed by atoms with Crippen LogP contribution in [-0.4, -0.2) is 82.6 Å². The Morgan fingerprint density at radius 3 is 2.72 bits per heavy atom. The highest BCUT2D eigenvalue weighted by molar-refractivity contribution is 5.92. The number of alkyl halides is 3. The largest absolute Gasteiger partial charge is 0.434 e. The molecule has 0 spiro atoms. The first-order chi connectivity index (χ1) is 18.8. The van der Waals surface area contributed by atoms with Crippen molar-refractivity contribution in [3.63, 3.8) is 0 Å². The average Bonchev–Trinajstić information content (AvgIpc) is 3.60. The number of hydrogen-bond donors (Lipinski definition) is 1. The molecule has 6 rings (SSSR count). The highest BCUT2D eigenvalue weighted by atomic mass is 19.4. The van der Waals surface area contributed by atoms with E-state index in [9.17, 15) is 23.2 Å². The van der Waals surface area contributed by atoms with Crippen LogP contribution in [0.4, 0.5) is 13.2 Å². The summed E-state index contributed by atoms with van der Waals surface area (Å²) < 4.78 is 40.8. The number of nitrogens with zero attached hydrogens (tertiary/aromatic N) is 9. The molecular formula is C25H23F3N10O. The third-order valence-electron chi connectivity index (χ3n) is 7.51. The van der Waals surface area contributed by atoms with Crippen LogP contribution in [0.25, 0.3) is 22.3 Å². The summed E-state index contributed by atoms with van der Waals surface area (Å²) >= 11 is 0. The number of hydrogen-bond acceptors (Lipinski definition) is 8. The molecular weight excluding hydrogens is 513 g/mol. The number of nitriles is 1. The highest BCUT2D eigenvalue weighted by Gasteiger charge is 2.48. The van der Waals surface area contributed by atoms with Gasteiger partial charge in [-0.1, -0.05) is 0 Å². The number of amides is 1. The lowest BCUT2D eigenvalue weighted by Crippen LogP contribution is -2.66. The summed E-state index contributed by atoms with van der Waals surface area (Å²) in [4.78, 5) is 35.3. The van der Waals surface area contributed by atoms with E-state index in [1.165, 1.54) is 11.2 Å². The standard InChI is InChI=1S/C25H23F3N10O/c26-25(27,28)20-11-30-10-19(35-20)23(39)36-7-2-17(3-8-36)37-13-24(14-37,4-5-29)38-12-16(9-34-38)21-18-1-6-31-22(18)33-15-32-21/h1,6,9-12,15,17H,2-4,7-8,13-14H2,(H,31,32,33). The van der Waals surface area contributed by atoms with Crippen LogP contribution in [0, 0.1) is 11.3 Å². The van der Waals surface area contributed by atoms with Gasteiger partial charge in [0.15, 0.2) is 5.69 Å². The molecule has 0 aromatic carbocycles. The van der Waals surface area contributed by atoms with Crippen LogP contribution in [-0.2, 0) is 11.7 Å². The third-order valence-corrected chi connectivity index (χ3v) is 7.51. The van der Waals surface area contributed by atoms with Crippen molar-refractivity contribution in [3.05, 3.63) is 54.8 Å². The van der Waals surface area contributed by atoms with Crippen molar-refractivity contribution in [2.24, 2.45) is 0 Å². The molecule has 6 heterocycles. The van der Waals surface area contributed by atoms with Crippen LogP contribution >= 0.6 is 0 Å². The fourth-order valence-corrected chi connectivity index (χ4v) is 5.46. The van der Waals surface area contributed by atoms with Crippen molar-refractivity contribution in [2.75, 3.05) is 26.2 Å². The molecule has 4 aromatic heterocycles. The van der Waals surface area contributed by atoms with E-state index in [1.807, 2.05) is 16.9 Å². The van der Waals surface area contributed by atoms with Crippen LogP contribution in [0.1, 0.15) is 35.4 Å². The second-order valence-electron chi connectivity index (χ2n) is 9.91. The van der Waals surface area contributed by atoms with E-state index in [0.717, 1.165) is 28.5 Å². The van der Waals surface area contributed by atoms with E-state index in [-0.39, 0.29) is 11.7 Å². The zero-order valence-electron chi connectivity index (χ0n) is 20.6. The summed E-state index contributed by atoms with van der Waals surface area (Å²) in [6.07, 6.45) is 5.60. The van der Waals surface area contributed by atoms with Crippen molar-refractivity contribution in [1.29, 1.82) is 5.26 Å². The fourth-order valence-electron chi connectivity index (χ4n) is 5.46. The van der Waals surface area contributed by atoms with Crippen molar-refractivity contribution in [2.45, 2.75) is 37.0 Å². The van der Waals surface area contributed by atoms with Crippen LogP contribution in [0.15, 0.2) is 43.4 Å². The van der Waals surface area contributed by atoms with Gasteiger partial charge >= 0.3 is 6.18 Å². The van der Waals surface area contributed by atoms with Gasteiger partial charge in [-0.05, 0) is 18.9 Å². The van der Waals surface area contributed by atoms with Crippen LogP contribution < -0.4 is 0 Å². The van der Waals surface area contributed by atoms with Crippen molar-refractivity contribution in [3.8, 4) is 17.3 Å². The van der Waals surface area contributed by atoms with Gasteiger partial charge in [0.05, 0.1) is 36.8 Å². The van der Waals surface area contributed by atoms with E-state index < -0.39 is 23.3 Å². The SMILES string of the molecule is N#CCC1(n2cc(-c3ncnc4[nH]ccc34)cn2)CN(C2CCN(C(=O)c3cncc(C(F)(F)F)n3)CC2)C1. The first kappa shape index (κ1) is 24.9. The van der Waals surface area contributed by atoms with E-state index >= 15 is 0 Å². The molecule has 39 heavy (non-hydrogen) atoms. The molecule has 0 bridgehead atoms. The topological polar surface area (TPSA) is 133 Å². The van der Waals surface area contributed by atoms with Gasteiger partial charge in [0.1, 0.15) is 23.2 Å². The smallest absolute Gasteiger partial charge is 0.346 e. The predicted molar refractivity (Wildman–Crippen MR) is 131 cm³/mol. The quantitative estimate of drug-likeness (QED) is 0.412. The Hall–Kier alpha value is -4.38. The van der Waals surface area contributed by atoms with Crippen molar-refractivity contribution < 1.29 is 18.0 Å². The average molecular weight is 537 g/mol. The predicted octanol–water partition coefficient (Wildman–Crippen LogP) is 2.86. The number of H-pyrrole nitrogens is 1. The molecule has 0 atom stereocenters. The molecule has 14 heteroatoms. The fraction of sp³-hybridized carbons (Fsp3) is 0.400. The van der Waals surface area contributed by atoms with E-state index in [1.54, 1.807) is 12.4 Å². The van der Waals surface area contributed by atoms with E-state index in [4.69, 9.17) is 0 Å². The number of likely N-dealkylation sites (tertiary alicyclic amines) is 2. The molecule has 2 aliphatic rings. The Morgan fingerprint density at radius 1 is 1.18 bits per heavy atom. The number of halogens is 3. The number of aromatic nitrogens is 7. The molecule has 2 aliphatic heterocycles. The number of fused-ring (bicyclic) bond motifs is 1. The summed E-state index contributed by atoms with van der Waals surface area (Å²) in [5.41, 5.74) is 0.365. The number of carbonyl (C=O) groups excluding carboxylic acids is 1. The Balaban J connectivity index is 1.11. The summed E-state index contributed by atoms with van der Waals surface area (Å²) in [6.45, 7) is 2.05. The van der Waals surface area contributed by atoms with Crippen LogP contribution in [0.3, 0.4) is 0 Å². The molecule has 0 saturated carbocycles. The second-order valence-corrected chi connectivity index (χ2v) is 9.91. The Bertz CT molecular complexity index is 1560. The maximum absolute atomic E-state index is 13.0. The molecule has 2 saturated heterocycles. The normalized spacial score (nSPS) is 18.2. The van der Waals surface area contributed by atoms with Gasteiger partial charge in [-0.25, -0.2) is 15.0 Å². The number of nitrogens with one attached hydrogen (secondary N) is 1. The minimum atomic E-state index is -4.66. The molecule has 1 amide bonds. The number of carbonyl (C=O) groups is 1. The maximum Gasteiger partial charge on any atom is 0.434 e. The van der Waals surface area contributed by atoms with Gasteiger partial charge in [-0.2, -0.15) is 23.5 Å². The van der Waals surface area contributed by atoms with E-state index in [0.29, 0.717) is 51.6 Å². The lowest BCUT2D eigenvalue weighted by Gasteiger charge is -2.53. The number of piperidine rings is 1. The van der Waals surface area contributed by atoms with Crippen LogP contribution in [0.5, 0.6) is 0 Å². The summed E-state index contributed by atoms with van der Waals surface area (Å²) in [5, 5.41) is 15.1. The molecule has 200 valence electrons. The summed E-state index contributed by atoms with van der Waals surface area (Å²) in [6, 6.07) is 4.39. The second kappa shape index (κ2) is 9.42. The van der Waals surface area contributed by atoms with E-state index in [2.05, 4.69) is 41.0 Å². The number of aromatic amines is 1. The lowest BCUT2D eigenvalue weighted by molar-refractivity contribution is -0.141. The molecule has 0 aliphatic carbocycles. The Labute approximate surface area is 220 Å². The molecule has 0 unspecified atom stereocenters. The molecule has 2 fully saturated rings. The molecule has 4 aromatic rings. The van der Waals surface area contributed by atoms with Gasteiger partial charge in [0.2, 0.25) is 0 Å². The Morgan fingerprint density at radius 2 is 1.97 bits per heavy atom. The van der Waals surface area contributed by atoms with Gasteiger partial charge in [0.25, 0.3) is 5.91 Å². The third kappa shape index (κ3) is 4.48. The van der Waals surface area contributed by atoms with Gasteiger partial charge < -0.3 is 9.88 Å². The Kier molecular flexibility index (Phi) is 6.02. The first-order valence-corrected chi connectivity index (χ1v) is 12.4. The number of rotatable bonds is 5. The molecule has 11 nitrogen and oxygen atoms in total. The minimum absolute atomic E-state index is 0.185. The lowest BCUT2D eigenvalue weighted by atomic mass is 9.83. The van der Waals surface area contributed by atoms with Gasteiger partial charge in [-0.3, -0.25) is 19.4 Å². The summed E-state index contributed by atoms with van der Waals surface area (Å²) in [5.74, 6) is -0.556. The zero-order valence-corrected chi connectivity index (χ0v) is 20.6.